The first-order valence-corrected chi connectivity index (χ1v) is 10.6. The third-order valence-corrected chi connectivity index (χ3v) is 6.37. The zero-order valence-corrected chi connectivity index (χ0v) is 16.7. The lowest BCUT2D eigenvalue weighted by Gasteiger charge is -2.39. The van der Waals surface area contributed by atoms with E-state index in [0.717, 1.165) is 19.4 Å². The predicted molar refractivity (Wildman–Crippen MR) is 113 cm³/mol. The molecule has 2 fully saturated rings. The van der Waals surface area contributed by atoms with Gasteiger partial charge in [-0.05, 0) is 43.4 Å². The van der Waals surface area contributed by atoms with Gasteiger partial charge in [-0.3, -0.25) is 9.69 Å². The Morgan fingerprint density at radius 1 is 1.03 bits per heavy atom. The number of rotatable bonds is 5. The molecule has 2 aliphatic rings. The summed E-state index contributed by atoms with van der Waals surface area (Å²) in [7, 11) is 0. The summed E-state index contributed by atoms with van der Waals surface area (Å²) in [6.07, 6.45) is 7.41. The Labute approximate surface area is 175 Å². The fraction of sp³-hybridized carbons (Fsp3) is 0.333. The number of halogens is 1. The maximum atomic E-state index is 14.0. The molecule has 3 heterocycles. The van der Waals surface area contributed by atoms with Gasteiger partial charge in [0, 0.05) is 30.9 Å². The zero-order chi connectivity index (χ0) is 20.5. The SMILES string of the molecule is O=C(NC1CC2CCC(C1)N2Cc1ccccc1)c1cnn(-c2ccccc2F)c1. The van der Waals surface area contributed by atoms with Crippen molar-refractivity contribution in [2.24, 2.45) is 0 Å². The molecule has 2 aromatic carbocycles. The van der Waals surface area contributed by atoms with Crippen LogP contribution < -0.4 is 5.32 Å². The minimum atomic E-state index is -0.366. The summed E-state index contributed by atoms with van der Waals surface area (Å²) >= 11 is 0. The highest BCUT2D eigenvalue weighted by Crippen LogP contribution is 2.37. The monoisotopic (exact) mass is 404 g/mol. The van der Waals surface area contributed by atoms with Crippen molar-refractivity contribution in [2.75, 3.05) is 0 Å². The highest BCUT2D eigenvalue weighted by Gasteiger charge is 2.41. The largest absolute Gasteiger partial charge is 0.349 e. The maximum absolute atomic E-state index is 14.0. The lowest BCUT2D eigenvalue weighted by atomic mass is 9.96. The molecule has 30 heavy (non-hydrogen) atoms. The summed E-state index contributed by atoms with van der Waals surface area (Å²) in [4.78, 5) is 15.4. The summed E-state index contributed by atoms with van der Waals surface area (Å²) in [5.74, 6) is -0.506. The molecule has 2 unspecified atom stereocenters. The number of benzene rings is 2. The van der Waals surface area contributed by atoms with E-state index in [9.17, 15) is 9.18 Å². The van der Waals surface area contributed by atoms with E-state index in [1.807, 2.05) is 6.07 Å². The first-order valence-electron chi connectivity index (χ1n) is 10.6. The number of para-hydroxylation sites is 1. The first-order chi connectivity index (χ1) is 14.7. The molecule has 0 radical (unpaired) electrons. The van der Waals surface area contributed by atoms with Gasteiger partial charge < -0.3 is 5.32 Å². The number of aromatic nitrogens is 2. The van der Waals surface area contributed by atoms with Gasteiger partial charge in [0.2, 0.25) is 0 Å². The lowest BCUT2D eigenvalue weighted by molar-refractivity contribution is 0.0828. The Balaban J connectivity index is 1.23. The lowest BCUT2D eigenvalue weighted by Crippen LogP contribution is -2.49. The summed E-state index contributed by atoms with van der Waals surface area (Å²) in [6, 6.07) is 18.2. The molecular weight excluding hydrogens is 379 g/mol. The van der Waals surface area contributed by atoms with Gasteiger partial charge in [-0.2, -0.15) is 5.10 Å². The summed E-state index contributed by atoms with van der Waals surface area (Å²) in [6.45, 7) is 0.978. The minimum Gasteiger partial charge on any atom is -0.349 e. The van der Waals surface area contributed by atoms with E-state index in [1.165, 1.54) is 35.4 Å². The van der Waals surface area contributed by atoms with Gasteiger partial charge in [-0.1, -0.05) is 42.5 Å². The molecule has 2 bridgehead atoms. The molecule has 0 aliphatic carbocycles. The van der Waals surface area contributed by atoms with Crippen molar-refractivity contribution in [3.63, 3.8) is 0 Å². The Hall–Kier alpha value is -2.99. The van der Waals surface area contributed by atoms with E-state index in [2.05, 4.69) is 39.6 Å². The van der Waals surface area contributed by atoms with Crippen LogP contribution in [0.4, 0.5) is 4.39 Å². The van der Waals surface area contributed by atoms with Crippen LogP contribution in [0.25, 0.3) is 5.69 Å². The molecule has 1 amide bonds. The summed E-state index contributed by atoms with van der Waals surface area (Å²) in [5, 5.41) is 7.36. The Kier molecular flexibility index (Phi) is 5.09. The van der Waals surface area contributed by atoms with Crippen LogP contribution in [0, 0.1) is 5.82 Å². The first kappa shape index (κ1) is 19.0. The number of piperidine rings is 1. The fourth-order valence-electron chi connectivity index (χ4n) is 4.92. The zero-order valence-electron chi connectivity index (χ0n) is 16.7. The van der Waals surface area contributed by atoms with Gasteiger partial charge in [-0.25, -0.2) is 9.07 Å². The number of nitrogens with zero attached hydrogens (tertiary/aromatic N) is 3. The van der Waals surface area contributed by atoms with Gasteiger partial charge in [-0.15, -0.1) is 0 Å². The Bertz CT molecular complexity index is 1020. The second-order valence-electron chi connectivity index (χ2n) is 8.31. The van der Waals surface area contributed by atoms with E-state index >= 15 is 0 Å². The fourth-order valence-corrected chi connectivity index (χ4v) is 4.92. The smallest absolute Gasteiger partial charge is 0.254 e. The van der Waals surface area contributed by atoms with E-state index in [0.29, 0.717) is 23.3 Å². The molecule has 2 atom stereocenters. The average Bonchev–Trinajstić information content (AvgIpc) is 3.32. The Morgan fingerprint density at radius 3 is 2.47 bits per heavy atom. The van der Waals surface area contributed by atoms with E-state index in [4.69, 9.17) is 0 Å². The second-order valence-corrected chi connectivity index (χ2v) is 8.31. The number of carbonyl (C=O) groups excluding carboxylic acids is 1. The molecule has 6 heteroatoms. The topological polar surface area (TPSA) is 50.2 Å². The van der Waals surface area contributed by atoms with Gasteiger partial charge >= 0.3 is 0 Å². The number of fused-ring (bicyclic) bond motifs is 2. The standard InChI is InChI=1S/C24H25FN4O/c25-22-8-4-5-9-23(22)29-16-18(14-26-29)24(30)27-19-12-20-10-11-21(13-19)28(20)15-17-6-2-1-3-7-17/h1-9,14,16,19-21H,10-13,15H2,(H,27,30). The van der Waals surface area contributed by atoms with E-state index in [-0.39, 0.29) is 17.8 Å². The molecule has 2 saturated heterocycles. The molecular formula is C24H25FN4O. The molecule has 2 aliphatic heterocycles. The van der Waals surface area contributed by atoms with Crippen molar-refractivity contribution >= 4 is 5.91 Å². The van der Waals surface area contributed by atoms with Crippen molar-refractivity contribution in [2.45, 2.75) is 50.4 Å². The van der Waals surface area contributed by atoms with Crippen molar-refractivity contribution in [1.82, 2.24) is 20.0 Å². The van der Waals surface area contributed by atoms with Crippen LogP contribution in [0.5, 0.6) is 0 Å². The number of hydrogen-bond donors (Lipinski definition) is 1. The molecule has 5 nitrogen and oxygen atoms in total. The van der Waals surface area contributed by atoms with Crippen molar-refractivity contribution in [1.29, 1.82) is 0 Å². The molecule has 0 spiro atoms. The third kappa shape index (κ3) is 3.75. The van der Waals surface area contributed by atoms with E-state index in [1.54, 1.807) is 24.4 Å². The molecule has 3 aromatic rings. The summed E-state index contributed by atoms with van der Waals surface area (Å²) < 4.78 is 15.4. The van der Waals surface area contributed by atoms with Crippen LogP contribution in [0.15, 0.2) is 67.0 Å². The number of amides is 1. The highest BCUT2D eigenvalue weighted by molar-refractivity contribution is 5.94. The quantitative estimate of drug-likeness (QED) is 0.701. The van der Waals surface area contributed by atoms with Crippen molar-refractivity contribution in [3.8, 4) is 5.69 Å². The second kappa shape index (κ2) is 8.03. The van der Waals surface area contributed by atoms with Gasteiger partial charge in [0.25, 0.3) is 5.91 Å². The Morgan fingerprint density at radius 2 is 1.73 bits per heavy atom. The molecule has 5 rings (SSSR count). The minimum absolute atomic E-state index is 0.140. The van der Waals surface area contributed by atoms with Crippen LogP contribution in [0.2, 0.25) is 0 Å². The predicted octanol–water partition coefficient (Wildman–Crippen LogP) is 3.94. The van der Waals surface area contributed by atoms with Gasteiger partial charge in [0.1, 0.15) is 11.5 Å². The van der Waals surface area contributed by atoms with Crippen LogP contribution in [-0.2, 0) is 6.54 Å². The third-order valence-electron chi connectivity index (χ3n) is 6.37. The van der Waals surface area contributed by atoms with Crippen molar-refractivity contribution < 1.29 is 9.18 Å². The van der Waals surface area contributed by atoms with Crippen LogP contribution in [0.3, 0.4) is 0 Å². The number of carbonyl (C=O) groups is 1. The van der Waals surface area contributed by atoms with Gasteiger partial charge in [0.15, 0.2) is 0 Å². The van der Waals surface area contributed by atoms with E-state index < -0.39 is 0 Å². The summed E-state index contributed by atoms with van der Waals surface area (Å²) in [5.41, 5.74) is 2.14. The van der Waals surface area contributed by atoms with Crippen LogP contribution in [0.1, 0.15) is 41.6 Å². The van der Waals surface area contributed by atoms with Crippen LogP contribution >= 0.6 is 0 Å². The van der Waals surface area contributed by atoms with Gasteiger partial charge in [0.05, 0.1) is 11.8 Å². The molecule has 0 saturated carbocycles. The average molecular weight is 404 g/mol. The highest BCUT2D eigenvalue weighted by atomic mass is 19.1. The normalized spacial score (nSPS) is 23.4. The molecule has 154 valence electrons. The number of hydrogen-bond acceptors (Lipinski definition) is 3. The van der Waals surface area contributed by atoms with Crippen molar-refractivity contribution in [3.05, 3.63) is 83.9 Å². The number of nitrogens with one attached hydrogen (secondary N) is 1. The maximum Gasteiger partial charge on any atom is 0.254 e. The van der Waals surface area contributed by atoms with Crippen LogP contribution in [-0.4, -0.2) is 38.7 Å². The molecule has 1 aromatic heterocycles. The molecule has 1 N–H and O–H groups in total.